The molecule has 1 aliphatic rings. The largest absolute Gasteiger partial charge is 0.480 e. The summed E-state index contributed by atoms with van der Waals surface area (Å²) in [4.78, 5) is 25.4. The first-order chi connectivity index (χ1) is 9.88. The Labute approximate surface area is 127 Å². The Morgan fingerprint density at radius 2 is 2.29 bits per heavy atom. The maximum absolute atomic E-state index is 12.0. The Balaban J connectivity index is 1.72. The van der Waals surface area contributed by atoms with E-state index in [-0.39, 0.29) is 18.7 Å². The van der Waals surface area contributed by atoms with Gasteiger partial charge in [-0.05, 0) is 25.3 Å². The highest BCUT2D eigenvalue weighted by molar-refractivity contribution is 7.09. The number of carboxylic acid groups (broad SMARTS) is 1. The number of urea groups is 1. The molecule has 2 heterocycles. The number of nitrogens with zero attached hydrogens (tertiary/aromatic N) is 1. The van der Waals surface area contributed by atoms with Crippen LogP contribution in [0.2, 0.25) is 0 Å². The maximum Gasteiger partial charge on any atom is 0.329 e. The summed E-state index contributed by atoms with van der Waals surface area (Å²) in [6.07, 6.45) is 0.810. The van der Waals surface area contributed by atoms with Gasteiger partial charge in [-0.2, -0.15) is 0 Å². The van der Waals surface area contributed by atoms with Crippen LogP contribution in [0.3, 0.4) is 0 Å². The number of thiophene rings is 1. The van der Waals surface area contributed by atoms with Gasteiger partial charge >= 0.3 is 12.0 Å². The molecule has 7 heteroatoms. The van der Waals surface area contributed by atoms with Gasteiger partial charge in [-0.1, -0.05) is 6.07 Å². The molecule has 1 aromatic heterocycles. The Morgan fingerprint density at radius 3 is 2.86 bits per heavy atom. The van der Waals surface area contributed by atoms with Crippen molar-refractivity contribution >= 4 is 23.3 Å². The topological polar surface area (TPSA) is 78.9 Å². The Bertz CT molecular complexity index is 497. The molecule has 1 aromatic rings. The molecule has 21 heavy (non-hydrogen) atoms. The van der Waals surface area contributed by atoms with Crippen molar-refractivity contribution in [2.75, 3.05) is 19.7 Å². The third kappa shape index (κ3) is 4.44. The number of ether oxygens (including phenoxy) is 1. The second-order valence-electron chi connectivity index (χ2n) is 5.62. The molecule has 2 rings (SSSR count). The number of rotatable bonds is 6. The van der Waals surface area contributed by atoms with Gasteiger partial charge in [0.1, 0.15) is 12.2 Å². The molecule has 1 unspecified atom stereocenters. The summed E-state index contributed by atoms with van der Waals surface area (Å²) in [6, 6.07) is 3.97. The highest BCUT2D eigenvalue weighted by Gasteiger charge is 2.42. The summed E-state index contributed by atoms with van der Waals surface area (Å²) in [5.74, 6) is -0.997. The number of carboxylic acids is 1. The van der Waals surface area contributed by atoms with Crippen LogP contribution in [0.1, 0.15) is 18.7 Å². The zero-order valence-corrected chi connectivity index (χ0v) is 13.0. The predicted octanol–water partition coefficient (Wildman–Crippen LogP) is 1.56. The van der Waals surface area contributed by atoms with Crippen molar-refractivity contribution in [2.45, 2.75) is 31.9 Å². The molecule has 1 atom stereocenters. The SMILES string of the molecule is CC(Cc1cccs1)NC(=O)N1CC(C)(OCC(=O)O)C1. The summed E-state index contributed by atoms with van der Waals surface area (Å²) in [5, 5.41) is 13.6. The normalized spacial score (nSPS) is 17.9. The molecule has 0 aliphatic carbocycles. The smallest absolute Gasteiger partial charge is 0.329 e. The van der Waals surface area contributed by atoms with E-state index in [4.69, 9.17) is 9.84 Å². The van der Waals surface area contributed by atoms with Crippen LogP contribution >= 0.6 is 11.3 Å². The highest BCUT2D eigenvalue weighted by atomic mass is 32.1. The quantitative estimate of drug-likeness (QED) is 0.835. The Kier molecular flexibility index (Phi) is 4.84. The zero-order valence-electron chi connectivity index (χ0n) is 12.2. The number of likely N-dealkylation sites (tertiary alicyclic amines) is 1. The highest BCUT2D eigenvalue weighted by Crippen LogP contribution is 2.24. The van der Waals surface area contributed by atoms with E-state index in [1.165, 1.54) is 4.88 Å². The van der Waals surface area contributed by atoms with Gasteiger partial charge in [0.25, 0.3) is 0 Å². The molecule has 6 nitrogen and oxygen atoms in total. The van der Waals surface area contributed by atoms with E-state index in [1.54, 1.807) is 16.2 Å². The van der Waals surface area contributed by atoms with Crippen molar-refractivity contribution in [2.24, 2.45) is 0 Å². The average molecular weight is 312 g/mol. The lowest BCUT2D eigenvalue weighted by atomic mass is 9.97. The Morgan fingerprint density at radius 1 is 1.57 bits per heavy atom. The number of amides is 2. The summed E-state index contributed by atoms with van der Waals surface area (Å²) >= 11 is 1.68. The van der Waals surface area contributed by atoms with Gasteiger partial charge in [-0.3, -0.25) is 0 Å². The van der Waals surface area contributed by atoms with Crippen LogP contribution in [0.15, 0.2) is 17.5 Å². The number of carbonyl (C=O) groups is 2. The van der Waals surface area contributed by atoms with Gasteiger partial charge < -0.3 is 20.1 Å². The van der Waals surface area contributed by atoms with E-state index in [0.717, 1.165) is 6.42 Å². The number of aliphatic carboxylic acids is 1. The van der Waals surface area contributed by atoms with Gasteiger partial charge in [0, 0.05) is 17.3 Å². The van der Waals surface area contributed by atoms with Gasteiger partial charge in [-0.25, -0.2) is 9.59 Å². The van der Waals surface area contributed by atoms with E-state index >= 15 is 0 Å². The molecule has 2 amide bonds. The molecule has 116 valence electrons. The fourth-order valence-electron chi connectivity index (χ4n) is 2.32. The van der Waals surface area contributed by atoms with Gasteiger partial charge in [-0.15, -0.1) is 11.3 Å². The molecule has 0 spiro atoms. The lowest BCUT2D eigenvalue weighted by molar-refractivity contribution is -0.159. The minimum Gasteiger partial charge on any atom is -0.480 e. The second-order valence-corrected chi connectivity index (χ2v) is 6.65. The van der Waals surface area contributed by atoms with E-state index in [0.29, 0.717) is 13.1 Å². The number of hydrogen-bond donors (Lipinski definition) is 2. The maximum atomic E-state index is 12.0. The molecular weight excluding hydrogens is 292 g/mol. The minimum absolute atomic E-state index is 0.0583. The third-order valence-electron chi connectivity index (χ3n) is 3.34. The predicted molar refractivity (Wildman–Crippen MR) is 79.6 cm³/mol. The van der Waals surface area contributed by atoms with Crippen LogP contribution in [0.5, 0.6) is 0 Å². The second kappa shape index (κ2) is 6.44. The standard InChI is InChI=1S/C14H20N2O4S/c1-10(6-11-4-3-5-21-11)15-13(19)16-8-14(2,9-16)20-7-12(17)18/h3-5,10H,6-9H2,1-2H3,(H,15,19)(H,17,18). The summed E-state index contributed by atoms with van der Waals surface area (Å²) in [7, 11) is 0. The Hall–Kier alpha value is -1.60. The molecule has 0 bridgehead atoms. The molecule has 1 fully saturated rings. The molecule has 0 saturated carbocycles. The van der Waals surface area contributed by atoms with Crippen LogP contribution in [0, 0.1) is 0 Å². The van der Waals surface area contributed by atoms with Crippen molar-refractivity contribution in [3.8, 4) is 0 Å². The summed E-state index contributed by atoms with van der Waals surface area (Å²) in [6.45, 7) is 4.28. The molecule has 1 saturated heterocycles. The summed E-state index contributed by atoms with van der Waals surface area (Å²) < 4.78 is 5.28. The van der Waals surface area contributed by atoms with Crippen LogP contribution in [0.25, 0.3) is 0 Å². The lowest BCUT2D eigenvalue weighted by Gasteiger charge is -2.47. The molecule has 1 aliphatic heterocycles. The monoisotopic (exact) mass is 312 g/mol. The minimum atomic E-state index is -0.997. The first-order valence-electron chi connectivity index (χ1n) is 6.81. The molecular formula is C14H20N2O4S. The summed E-state index contributed by atoms with van der Waals surface area (Å²) in [5.41, 5.74) is -0.549. The number of nitrogens with one attached hydrogen (secondary N) is 1. The first-order valence-corrected chi connectivity index (χ1v) is 7.69. The number of hydrogen-bond acceptors (Lipinski definition) is 4. The van der Waals surface area contributed by atoms with Crippen LogP contribution in [-0.2, 0) is 16.0 Å². The van der Waals surface area contributed by atoms with E-state index in [2.05, 4.69) is 5.32 Å². The van der Waals surface area contributed by atoms with Crippen molar-refractivity contribution in [3.63, 3.8) is 0 Å². The van der Waals surface area contributed by atoms with Crippen molar-refractivity contribution in [1.82, 2.24) is 10.2 Å². The molecule has 0 aromatic carbocycles. The molecule has 2 N–H and O–H groups in total. The fourth-order valence-corrected chi connectivity index (χ4v) is 3.15. The van der Waals surface area contributed by atoms with E-state index in [9.17, 15) is 9.59 Å². The first kappa shape index (κ1) is 15.8. The van der Waals surface area contributed by atoms with E-state index < -0.39 is 11.6 Å². The van der Waals surface area contributed by atoms with E-state index in [1.807, 2.05) is 31.4 Å². The lowest BCUT2D eigenvalue weighted by Crippen LogP contribution is -2.65. The van der Waals surface area contributed by atoms with Crippen molar-refractivity contribution in [1.29, 1.82) is 0 Å². The zero-order chi connectivity index (χ0) is 15.5. The average Bonchev–Trinajstić information content (AvgIpc) is 2.85. The van der Waals surface area contributed by atoms with Gasteiger partial charge in [0.15, 0.2) is 0 Å². The molecule has 0 radical (unpaired) electrons. The van der Waals surface area contributed by atoms with Gasteiger partial charge in [0.2, 0.25) is 0 Å². The van der Waals surface area contributed by atoms with Crippen molar-refractivity contribution in [3.05, 3.63) is 22.4 Å². The van der Waals surface area contributed by atoms with Crippen LogP contribution in [-0.4, -0.2) is 53.3 Å². The third-order valence-corrected chi connectivity index (χ3v) is 4.24. The number of carbonyl (C=O) groups excluding carboxylic acids is 1. The van der Waals surface area contributed by atoms with Crippen LogP contribution in [0.4, 0.5) is 4.79 Å². The fraction of sp³-hybridized carbons (Fsp3) is 0.571. The van der Waals surface area contributed by atoms with Gasteiger partial charge in [0.05, 0.1) is 13.1 Å². The van der Waals surface area contributed by atoms with Crippen molar-refractivity contribution < 1.29 is 19.4 Å². The van der Waals surface area contributed by atoms with Crippen LogP contribution < -0.4 is 5.32 Å².